The van der Waals surface area contributed by atoms with Gasteiger partial charge in [0, 0.05) is 24.5 Å². The van der Waals surface area contributed by atoms with E-state index in [2.05, 4.69) is 10.3 Å². The Morgan fingerprint density at radius 3 is 2.32 bits per heavy atom. The van der Waals surface area contributed by atoms with E-state index in [1.807, 2.05) is 30.3 Å². The lowest BCUT2D eigenvalue weighted by Crippen LogP contribution is -2.41. The summed E-state index contributed by atoms with van der Waals surface area (Å²) in [6.07, 6.45) is 0.300. The van der Waals surface area contributed by atoms with Gasteiger partial charge in [-0.25, -0.2) is 0 Å². The molecule has 2 heterocycles. The zero-order valence-electron chi connectivity index (χ0n) is 17.0. The van der Waals surface area contributed by atoms with E-state index in [-0.39, 0.29) is 11.5 Å². The first kappa shape index (κ1) is 20.6. The number of ether oxygens (including phenoxy) is 1. The molecule has 1 saturated heterocycles. The van der Waals surface area contributed by atoms with Gasteiger partial charge < -0.3 is 19.9 Å². The Morgan fingerprint density at radius 2 is 1.65 bits per heavy atom. The van der Waals surface area contributed by atoms with Gasteiger partial charge in [0.25, 0.3) is 11.5 Å². The van der Waals surface area contributed by atoms with Crippen LogP contribution in [-0.2, 0) is 16.0 Å². The normalized spacial score (nSPS) is 13.6. The predicted octanol–water partition coefficient (Wildman–Crippen LogP) is 2.70. The molecular formula is C24H23N3O4. The molecule has 0 unspecified atom stereocenters. The van der Waals surface area contributed by atoms with Crippen LogP contribution in [0.15, 0.2) is 71.5 Å². The van der Waals surface area contributed by atoms with Crippen molar-refractivity contribution in [3.8, 4) is 11.3 Å². The number of aromatic amines is 1. The molecule has 7 nitrogen and oxygen atoms in total. The van der Waals surface area contributed by atoms with E-state index in [0.29, 0.717) is 44.1 Å². The number of aromatic nitrogens is 1. The van der Waals surface area contributed by atoms with Gasteiger partial charge in [-0.05, 0) is 35.4 Å². The molecule has 2 amide bonds. The van der Waals surface area contributed by atoms with Crippen LogP contribution in [0.25, 0.3) is 11.3 Å². The standard InChI is InChI=1S/C24H23N3O4/c28-22(27-12-14-31-15-13-27)16-17-6-8-19(9-7-17)25-23(29)20-10-11-21(26-24(20)30)18-4-2-1-3-5-18/h1-11H,12-16H2,(H,25,29)(H,26,30). The molecule has 1 aromatic heterocycles. The minimum absolute atomic E-state index is 0.0336. The molecule has 2 aromatic carbocycles. The van der Waals surface area contributed by atoms with E-state index < -0.39 is 11.5 Å². The molecule has 158 valence electrons. The number of benzene rings is 2. The first-order valence-electron chi connectivity index (χ1n) is 10.1. The van der Waals surface area contributed by atoms with Gasteiger partial charge in [0.2, 0.25) is 5.91 Å². The van der Waals surface area contributed by atoms with Crippen molar-refractivity contribution < 1.29 is 14.3 Å². The van der Waals surface area contributed by atoms with E-state index >= 15 is 0 Å². The number of pyridine rings is 1. The van der Waals surface area contributed by atoms with Gasteiger partial charge in [0.15, 0.2) is 0 Å². The lowest BCUT2D eigenvalue weighted by atomic mass is 10.1. The lowest BCUT2D eigenvalue weighted by molar-refractivity contribution is -0.134. The Balaban J connectivity index is 1.39. The van der Waals surface area contributed by atoms with Gasteiger partial charge in [0.1, 0.15) is 5.56 Å². The van der Waals surface area contributed by atoms with E-state index in [9.17, 15) is 14.4 Å². The summed E-state index contributed by atoms with van der Waals surface area (Å²) in [6, 6.07) is 19.7. The van der Waals surface area contributed by atoms with Crippen molar-refractivity contribution in [2.45, 2.75) is 6.42 Å². The quantitative estimate of drug-likeness (QED) is 0.668. The second kappa shape index (κ2) is 9.40. The van der Waals surface area contributed by atoms with Crippen LogP contribution in [0.2, 0.25) is 0 Å². The van der Waals surface area contributed by atoms with Gasteiger partial charge in [-0.3, -0.25) is 14.4 Å². The fourth-order valence-electron chi connectivity index (χ4n) is 3.44. The van der Waals surface area contributed by atoms with Crippen LogP contribution in [0.5, 0.6) is 0 Å². The summed E-state index contributed by atoms with van der Waals surface area (Å²) < 4.78 is 5.27. The highest BCUT2D eigenvalue weighted by atomic mass is 16.5. The van der Waals surface area contributed by atoms with Crippen molar-refractivity contribution in [1.29, 1.82) is 0 Å². The summed E-state index contributed by atoms with van der Waals surface area (Å²) in [5.41, 5.74) is 2.52. The fourth-order valence-corrected chi connectivity index (χ4v) is 3.44. The van der Waals surface area contributed by atoms with Crippen molar-refractivity contribution in [1.82, 2.24) is 9.88 Å². The summed E-state index contributed by atoms with van der Waals surface area (Å²) in [7, 11) is 0. The Bertz CT molecular complexity index is 1120. The largest absolute Gasteiger partial charge is 0.378 e. The van der Waals surface area contributed by atoms with Gasteiger partial charge >= 0.3 is 0 Å². The predicted molar refractivity (Wildman–Crippen MR) is 118 cm³/mol. The average molecular weight is 417 g/mol. The topological polar surface area (TPSA) is 91.5 Å². The Labute approximate surface area is 179 Å². The maximum Gasteiger partial charge on any atom is 0.261 e. The fraction of sp³-hybridized carbons (Fsp3) is 0.208. The third-order valence-electron chi connectivity index (χ3n) is 5.17. The van der Waals surface area contributed by atoms with E-state index in [4.69, 9.17) is 4.74 Å². The van der Waals surface area contributed by atoms with Crippen molar-refractivity contribution in [3.05, 3.63) is 88.2 Å². The number of rotatable bonds is 5. The van der Waals surface area contributed by atoms with Crippen molar-refractivity contribution in [3.63, 3.8) is 0 Å². The summed E-state index contributed by atoms with van der Waals surface area (Å²) in [5.74, 6) is -0.428. The van der Waals surface area contributed by atoms with Crippen LogP contribution < -0.4 is 10.9 Å². The zero-order chi connectivity index (χ0) is 21.6. The third-order valence-corrected chi connectivity index (χ3v) is 5.17. The smallest absolute Gasteiger partial charge is 0.261 e. The highest BCUT2D eigenvalue weighted by Gasteiger charge is 2.17. The second-order valence-corrected chi connectivity index (χ2v) is 7.30. The molecule has 0 spiro atoms. The number of hydrogen-bond donors (Lipinski definition) is 2. The molecule has 0 saturated carbocycles. The van der Waals surface area contributed by atoms with Gasteiger partial charge in [-0.1, -0.05) is 42.5 Å². The maximum atomic E-state index is 12.5. The first-order valence-corrected chi connectivity index (χ1v) is 10.1. The van der Waals surface area contributed by atoms with Crippen molar-refractivity contribution in [2.24, 2.45) is 0 Å². The third kappa shape index (κ3) is 5.07. The number of morpholine rings is 1. The van der Waals surface area contributed by atoms with Crippen LogP contribution >= 0.6 is 0 Å². The summed E-state index contributed by atoms with van der Waals surface area (Å²) in [4.78, 5) is 41.8. The molecule has 31 heavy (non-hydrogen) atoms. The molecule has 0 radical (unpaired) electrons. The number of hydrogen-bond acceptors (Lipinski definition) is 4. The number of nitrogens with zero attached hydrogens (tertiary/aromatic N) is 1. The molecule has 0 aliphatic carbocycles. The van der Waals surface area contributed by atoms with Crippen molar-refractivity contribution in [2.75, 3.05) is 31.6 Å². The highest BCUT2D eigenvalue weighted by molar-refractivity contribution is 6.04. The molecule has 0 atom stereocenters. The van der Waals surface area contributed by atoms with Crippen LogP contribution in [0.4, 0.5) is 5.69 Å². The second-order valence-electron chi connectivity index (χ2n) is 7.30. The Morgan fingerprint density at radius 1 is 0.935 bits per heavy atom. The SMILES string of the molecule is O=C(Nc1ccc(CC(=O)N2CCOCC2)cc1)c1ccc(-c2ccccc2)[nH]c1=O. The minimum Gasteiger partial charge on any atom is -0.378 e. The van der Waals surface area contributed by atoms with Crippen LogP contribution in [0.1, 0.15) is 15.9 Å². The van der Waals surface area contributed by atoms with Gasteiger partial charge in [0.05, 0.1) is 19.6 Å². The average Bonchev–Trinajstić information content (AvgIpc) is 2.81. The number of amides is 2. The molecule has 2 N–H and O–H groups in total. The highest BCUT2D eigenvalue weighted by Crippen LogP contribution is 2.16. The number of anilines is 1. The Hall–Kier alpha value is -3.71. The molecule has 1 fully saturated rings. The van der Waals surface area contributed by atoms with E-state index in [1.165, 1.54) is 6.07 Å². The molecule has 0 bridgehead atoms. The summed E-state index contributed by atoms with van der Waals surface area (Å²) >= 11 is 0. The minimum atomic E-state index is -0.488. The van der Waals surface area contributed by atoms with Gasteiger partial charge in [-0.15, -0.1) is 0 Å². The molecule has 1 aliphatic heterocycles. The van der Waals surface area contributed by atoms with E-state index in [1.54, 1.807) is 35.2 Å². The summed E-state index contributed by atoms with van der Waals surface area (Å²) in [5, 5.41) is 2.73. The molecule has 1 aliphatic rings. The monoisotopic (exact) mass is 417 g/mol. The maximum absolute atomic E-state index is 12.5. The summed E-state index contributed by atoms with van der Waals surface area (Å²) in [6.45, 7) is 2.37. The lowest BCUT2D eigenvalue weighted by Gasteiger charge is -2.26. The number of carbonyl (C=O) groups excluding carboxylic acids is 2. The van der Waals surface area contributed by atoms with Crippen molar-refractivity contribution >= 4 is 17.5 Å². The number of H-pyrrole nitrogens is 1. The zero-order valence-corrected chi connectivity index (χ0v) is 17.0. The first-order chi connectivity index (χ1) is 15.1. The van der Waals surface area contributed by atoms with Crippen LogP contribution in [0.3, 0.4) is 0 Å². The van der Waals surface area contributed by atoms with Crippen LogP contribution in [0, 0.1) is 0 Å². The van der Waals surface area contributed by atoms with E-state index in [0.717, 1.165) is 11.1 Å². The molecule has 4 rings (SSSR count). The molecule has 3 aromatic rings. The number of carbonyl (C=O) groups is 2. The molecule has 7 heteroatoms. The Kier molecular flexibility index (Phi) is 6.24. The molecular weight excluding hydrogens is 394 g/mol. The van der Waals surface area contributed by atoms with Gasteiger partial charge in [-0.2, -0.15) is 0 Å². The van der Waals surface area contributed by atoms with Crippen LogP contribution in [-0.4, -0.2) is 48.0 Å². The number of nitrogens with one attached hydrogen (secondary N) is 2.